The van der Waals surface area contributed by atoms with E-state index < -0.39 is 0 Å². The zero-order valence-electron chi connectivity index (χ0n) is 15.7. The summed E-state index contributed by atoms with van der Waals surface area (Å²) in [6.07, 6.45) is 1.10. The summed E-state index contributed by atoms with van der Waals surface area (Å²) in [4.78, 5) is 18.2. The smallest absolute Gasteiger partial charge is 0.317 e. The number of hydrogen-bond donors (Lipinski definition) is 1. The Morgan fingerprint density at radius 3 is 2.63 bits per heavy atom. The molecular formula is C19H23N5O3. The summed E-state index contributed by atoms with van der Waals surface area (Å²) < 4.78 is 10.4. The fourth-order valence-corrected chi connectivity index (χ4v) is 2.69. The fourth-order valence-electron chi connectivity index (χ4n) is 2.69. The molecule has 0 aliphatic carbocycles. The van der Waals surface area contributed by atoms with E-state index in [1.807, 2.05) is 44.2 Å². The lowest BCUT2D eigenvalue weighted by molar-refractivity contribution is 0.206. The van der Waals surface area contributed by atoms with E-state index in [0.29, 0.717) is 37.6 Å². The van der Waals surface area contributed by atoms with Crippen molar-refractivity contribution >= 4 is 6.03 Å². The number of aryl methyl sites for hydroxylation is 2. The van der Waals surface area contributed by atoms with Crippen LogP contribution in [0.25, 0.3) is 0 Å². The Hall–Kier alpha value is -3.16. The lowest BCUT2D eigenvalue weighted by Crippen LogP contribution is -2.38. The van der Waals surface area contributed by atoms with Crippen molar-refractivity contribution in [2.45, 2.75) is 33.2 Å². The van der Waals surface area contributed by atoms with Gasteiger partial charge >= 0.3 is 6.03 Å². The van der Waals surface area contributed by atoms with Crippen LogP contribution in [0.1, 0.15) is 34.3 Å². The molecule has 27 heavy (non-hydrogen) atoms. The van der Waals surface area contributed by atoms with Crippen LogP contribution in [0.3, 0.4) is 0 Å². The molecule has 2 amide bonds. The van der Waals surface area contributed by atoms with E-state index in [1.54, 1.807) is 11.9 Å². The first-order valence-corrected chi connectivity index (χ1v) is 8.79. The van der Waals surface area contributed by atoms with Crippen molar-refractivity contribution in [2.24, 2.45) is 0 Å². The van der Waals surface area contributed by atoms with Gasteiger partial charge in [-0.1, -0.05) is 40.6 Å². The summed E-state index contributed by atoms with van der Waals surface area (Å²) in [5, 5.41) is 10.7. The van der Waals surface area contributed by atoms with Crippen LogP contribution < -0.4 is 5.32 Å². The molecule has 142 valence electrons. The molecule has 0 atom stereocenters. The van der Waals surface area contributed by atoms with Gasteiger partial charge in [0.1, 0.15) is 5.76 Å². The van der Waals surface area contributed by atoms with Gasteiger partial charge < -0.3 is 19.3 Å². The van der Waals surface area contributed by atoms with Crippen molar-refractivity contribution in [1.29, 1.82) is 0 Å². The van der Waals surface area contributed by atoms with Gasteiger partial charge in [-0.2, -0.15) is 4.98 Å². The number of nitrogens with zero attached hydrogens (tertiary/aromatic N) is 4. The maximum absolute atomic E-state index is 12.2. The average Bonchev–Trinajstić information content (AvgIpc) is 3.23. The van der Waals surface area contributed by atoms with Gasteiger partial charge in [-0.05, 0) is 19.4 Å². The topological polar surface area (TPSA) is 97.3 Å². The van der Waals surface area contributed by atoms with Gasteiger partial charge in [-0.25, -0.2) is 4.79 Å². The summed E-state index contributed by atoms with van der Waals surface area (Å²) in [5.41, 5.74) is 2.85. The molecule has 8 heteroatoms. The maximum Gasteiger partial charge on any atom is 0.317 e. The first-order valence-electron chi connectivity index (χ1n) is 8.79. The third kappa shape index (κ3) is 4.93. The highest BCUT2D eigenvalue weighted by Crippen LogP contribution is 2.14. The van der Waals surface area contributed by atoms with Crippen LogP contribution >= 0.6 is 0 Å². The van der Waals surface area contributed by atoms with Crippen molar-refractivity contribution in [3.05, 3.63) is 64.6 Å². The highest BCUT2D eigenvalue weighted by atomic mass is 16.5. The highest BCUT2D eigenvalue weighted by molar-refractivity contribution is 5.73. The summed E-state index contributed by atoms with van der Waals surface area (Å²) in [5.74, 6) is 1.87. The zero-order valence-corrected chi connectivity index (χ0v) is 15.7. The quantitative estimate of drug-likeness (QED) is 0.688. The Balaban J connectivity index is 1.45. The van der Waals surface area contributed by atoms with E-state index in [2.05, 4.69) is 20.6 Å². The molecule has 8 nitrogen and oxygen atoms in total. The van der Waals surface area contributed by atoms with Gasteiger partial charge in [-0.3, -0.25) is 0 Å². The average molecular weight is 369 g/mol. The predicted octanol–water partition coefficient (Wildman–Crippen LogP) is 2.65. The minimum atomic E-state index is -0.181. The second-order valence-electron chi connectivity index (χ2n) is 6.41. The molecule has 0 spiro atoms. The molecule has 0 fully saturated rings. The molecule has 1 N–H and O–H groups in total. The van der Waals surface area contributed by atoms with Crippen LogP contribution in [0.5, 0.6) is 0 Å². The number of nitrogens with one attached hydrogen (secondary N) is 1. The normalized spacial score (nSPS) is 10.8. The van der Waals surface area contributed by atoms with Crippen LogP contribution in [0.15, 0.2) is 39.4 Å². The van der Waals surface area contributed by atoms with Crippen LogP contribution in [-0.4, -0.2) is 39.8 Å². The Kier molecular flexibility index (Phi) is 5.85. The summed E-state index contributed by atoms with van der Waals surface area (Å²) >= 11 is 0. The van der Waals surface area contributed by atoms with Gasteiger partial charge in [0.25, 0.3) is 0 Å². The second-order valence-corrected chi connectivity index (χ2v) is 6.41. The molecule has 0 radical (unpaired) electrons. The molecule has 0 bridgehead atoms. The molecule has 0 unspecified atom stereocenters. The summed E-state index contributed by atoms with van der Waals surface area (Å²) in [6.45, 7) is 4.55. The lowest BCUT2D eigenvalue weighted by atomic mass is 10.1. The van der Waals surface area contributed by atoms with Crippen LogP contribution in [0, 0.1) is 13.8 Å². The van der Waals surface area contributed by atoms with Gasteiger partial charge in [0.05, 0.1) is 12.2 Å². The van der Waals surface area contributed by atoms with Crippen molar-refractivity contribution in [2.75, 3.05) is 13.6 Å². The summed E-state index contributed by atoms with van der Waals surface area (Å²) in [7, 11) is 1.73. The van der Waals surface area contributed by atoms with Gasteiger partial charge in [-0.15, -0.1) is 0 Å². The molecule has 2 heterocycles. The maximum atomic E-state index is 12.2. The number of urea groups is 1. The minimum absolute atomic E-state index is 0.181. The lowest BCUT2D eigenvalue weighted by Gasteiger charge is -2.17. The van der Waals surface area contributed by atoms with Crippen LogP contribution in [0.2, 0.25) is 0 Å². The molecule has 2 aromatic heterocycles. The van der Waals surface area contributed by atoms with E-state index in [9.17, 15) is 4.79 Å². The Bertz CT molecular complexity index is 868. The Labute approximate surface area is 157 Å². The van der Waals surface area contributed by atoms with Crippen molar-refractivity contribution in [3.8, 4) is 0 Å². The predicted molar refractivity (Wildman–Crippen MR) is 98.1 cm³/mol. The molecule has 0 saturated carbocycles. The van der Waals surface area contributed by atoms with Crippen LogP contribution in [-0.2, 0) is 19.4 Å². The first kappa shape index (κ1) is 18.6. The number of carbonyl (C=O) groups is 1. The van der Waals surface area contributed by atoms with Gasteiger partial charge in [0.2, 0.25) is 5.89 Å². The molecule has 0 aliphatic heterocycles. The van der Waals surface area contributed by atoms with Crippen molar-refractivity contribution < 1.29 is 13.8 Å². The van der Waals surface area contributed by atoms with E-state index in [4.69, 9.17) is 9.05 Å². The minimum Gasteiger partial charge on any atom is -0.361 e. The summed E-state index contributed by atoms with van der Waals surface area (Å²) in [6, 6.07) is 9.78. The first-order chi connectivity index (χ1) is 13.0. The zero-order chi connectivity index (χ0) is 19.2. The molecule has 1 aromatic carbocycles. The van der Waals surface area contributed by atoms with E-state index in [0.717, 1.165) is 22.6 Å². The number of hydrogen-bond acceptors (Lipinski definition) is 6. The third-order valence-electron chi connectivity index (χ3n) is 4.25. The SMILES string of the molecule is Cc1noc(C)c1CN(C)C(=O)NCCc1nc(Cc2ccccc2)no1. The van der Waals surface area contributed by atoms with Crippen LogP contribution in [0.4, 0.5) is 4.79 Å². The molecule has 3 rings (SSSR count). The molecule has 0 aliphatic rings. The number of aromatic nitrogens is 3. The Morgan fingerprint density at radius 2 is 1.93 bits per heavy atom. The number of rotatable bonds is 7. The molecule has 0 saturated heterocycles. The van der Waals surface area contributed by atoms with Gasteiger partial charge in [0, 0.05) is 32.0 Å². The van der Waals surface area contributed by atoms with E-state index in [1.165, 1.54) is 0 Å². The number of benzene rings is 1. The molecular weight excluding hydrogens is 346 g/mol. The number of carbonyl (C=O) groups excluding carboxylic acids is 1. The number of amides is 2. The molecule has 3 aromatic rings. The van der Waals surface area contributed by atoms with Gasteiger partial charge in [0.15, 0.2) is 5.82 Å². The highest BCUT2D eigenvalue weighted by Gasteiger charge is 2.15. The van der Waals surface area contributed by atoms with E-state index in [-0.39, 0.29) is 6.03 Å². The largest absolute Gasteiger partial charge is 0.361 e. The standard InChI is InChI=1S/C19H23N5O3/c1-13-16(14(2)26-22-13)12-24(3)19(25)20-10-9-18-21-17(23-27-18)11-15-7-5-4-6-8-15/h4-8H,9-12H2,1-3H3,(H,20,25). The van der Waals surface area contributed by atoms with E-state index >= 15 is 0 Å². The third-order valence-corrected chi connectivity index (χ3v) is 4.25. The van der Waals surface area contributed by atoms with Crippen molar-refractivity contribution in [1.82, 2.24) is 25.5 Å². The Morgan fingerprint density at radius 1 is 1.15 bits per heavy atom. The second kappa shape index (κ2) is 8.48. The monoisotopic (exact) mass is 369 g/mol. The fraction of sp³-hybridized carbons (Fsp3) is 0.368. The van der Waals surface area contributed by atoms with Crippen molar-refractivity contribution in [3.63, 3.8) is 0 Å².